The van der Waals surface area contributed by atoms with Gasteiger partial charge in [0.15, 0.2) is 0 Å². The van der Waals surface area contributed by atoms with Crippen LogP contribution in [0, 0.1) is 5.92 Å². The molecule has 0 aromatic heterocycles. The highest BCUT2D eigenvalue weighted by molar-refractivity contribution is 7.58. The van der Waals surface area contributed by atoms with Gasteiger partial charge in [-0.25, -0.2) is 0 Å². The lowest BCUT2D eigenvalue weighted by Gasteiger charge is -2.32. The van der Waals surface area contributed by atoms with Crippen LogP contribution in [0.3, 0.4) is 0 Å². The Labute approximate surface area is 139 Å². The maximum absolute atomic E-state index is 12.5. The molecule has 4 nitrogen and oxygen atoms in total. The number of morpholine rings is 1. The minimum atomic E-state index is -3.09. The topological polar surface area (TPSA) is 58.6 Å². The van der Waals surface area contributed by atoms with Crippen molar-refractivity contribution in [2.45, 2.75) is 44.2 Å². The van der Waals surface area contributed by atoms with Crippen LogP contribution in [0.25, 0.3) is 0 Å². The van der Waals surface area contributed by atoms with Gasteiger partial charge in [-0.2, -0.15) is 0 Å². The summed E-state index contributed by atoms with van der Waals surface area (Å²) in [6, 6.07) is 10.4. The Balaban J connectivity index is 1.47. The standard InChI is InChI=1S/C18H28NO3P/c20-23(21,13-15-7-3-1-4-8-15)14-17-11-19-18(12-22-17)16-9-5-2-6-10-16/h2,5-6,9-10,15,17-19H,1,3-4,7-8,11-14H2,(H,20,21)/t17?,18-/m1/s1. The molecule has 1 heterocycles. The van der Waals surface area contributed by atoms with E-state index in [0.29, 0.717) is 25.2 Å². The predicted octanol–water partition coefficient (Wildman–Crippen LogP) is 3.57. The van der Waals surface area contributed by atoms with Crippen molar-refractivity contribution in [2.75, 3.05) is 25.5 Å². The van der Waals surface area contributed by atoms with Gasteiger partial charge in [0.2, 0.25) is 7.37 Å². The molecule has 3 rings (SSSR count). The highest BCUT2D eigenvalue weighted by atomic mass is 31.2. The van der Waals surface area contributed by atoms with Crippen molar-refractivity contribution < 1.29 is 14.2 Å². The summed E-state index contributed by atoms with van der Waals surface area (Å²) in [6.07, 6.45) is 6.56. The molecule has 0 amide bonds. The number of ether oxygens (including phenoxy) is 1. The van der Waals surface area contributed by atoms with Crippen molar-refractivity contribution in [2.24, 2.45) is 5.92 Å². The Morgan fingerprint density at radius 3 is 2.52 bits per heavy atom. The fourth-order valence-corrected chi connectivity index (χ4v) is 6.00. The molecule has 5 heteroatoms. The number of hydrogen-bond acceptors (Lipinski definition) is 3. The number of nitrogens with one attached hydrogen (secondary N) is 1. The predicted molar refractivity (Wildman–Crippen MR) is 93.1 cm³/mol. The summed E-state index contributed by atoms with van der Waals surface area (Å²) in [5.74, 6) is 0.438. The lowest BCUT2D eigenvalue weighted by Crippen LogP contribution is -2.43. The molecule has 1 saturated heterocycles. The van der Waals surface area contributed by atoms with Crippen LogP contribution in [0.2, 0.25) is 0 Å². The molecule has 2 unspecified atom stereocenters. The van der Waals surface area contributed by atoms with Crippen molar-refractivity contribution in [3.63, 3.8) is 0 Å². The van der Waals surface area contributed by atoms with Crippen LogP contribution in [0.1, 0.15) is 43.7 Å². The van der Waals surface area contributed by atoms with Gasteiger partial charge in [-0.15, -0.1) is 0 Å². The second-order valence-corrected chi connectivity index (χ2v) is 9.47. The molecular formula is C18H28NO3P. The first-order valence-corrected chi connectivity index (χ1v) is 10.9. The Hall–Kier alpha value is -0.670. The molecule has 23 heavy (non-hydrogen) atoms. The molecule has 1 aliphatic heterocycles. The van der Waals surface area contributed by atoms with E-state index in [0.717, 1.165) is 12.8 Å². The minimum Gasteiger partial charge on any atom is -0.374 e. The average Bonchev–Trinajstić information content (AvgIpc) is 2.56. The monoisotopic (exact) mass is 337 g/mol. The second kappa shape index (κ2) is 7.94. The van der Waals surface area contributed by atoms with E-state index in [1.54, 1.807) is 0 Å². The van der Waals surface area contributed by atoms with Crippen LogP contribution in [0.4, 0.5) is 0 Å². The van der Waals surface area contributed by atoms with Gasteiger partial charge in [-0.3, -0.25) is 4.57 Å². The van der Waals surface area contributed by atoms with Crippen LogP contribution in [-0.4, -0.2) is 36.5 Å². The summed E-state index contributed by atoms with van der Waals surface area (Å²) >= 11 is 0. The van der Waals surface area contributed by atoms with Crippen molar-refractivity contribution >= 4 is 7.37 Å². The van der Waals surface area contributed by atoms with Crippen LogP contribution in [0.15, 0.2) is 30.3 Å². The van der Waals surface area contributed by atoms with Gasteiger partial charge in [0.1, 0.15) is 0 Å². The third-order valence-corrected chi connectivity index (χ3v) is 7.11. The summed E-state index contributed by atoms with van der Waals surface area (Å²) in [5, 5.41) is 3.45. The van der Waals surface area contributed by atoms with Crippen molar-refractivity contribution in [3.05, 3.63) is 35.9 Å². The lowest BCUT2D eigenvalue weighted by atomic mass is 9.91. The average molecular weight is 337 g/mol. The molecule has 1 aromatic rings. The van der Waals surface area contributed by atoms with E-state index in [4.69, 9.17) is 4.74 Å². The van der Waals surface area contributed by atoms with Crippen LogP contribution < -0.4 is 5.32 Å². The largest absolute Gasteiger partial charge is 0.374 e. The molecule has 128 valence electrons. The third-order valence-electron chi connectivity index (χ3n) is 5.05. The first-order valence-electron chi connectivity index (χ1n) is 8.83. The van der Waals surface area contributed by atoms with Crippen LogP contribution in [-0.2, 0) is 9.30 Å². The molecule has 2 fully saturated rings. The van der Waals surface area contributed by atoms with E-state index in [-0.39, 0.29) is 18.3 Å². The van der Waals surface area contributed by atoms with E-state index < -0.39 is 7.37 Å². The Morgan fingerprint density at radius 2 is 1.87 bits per heavy atom. The third kappa shape index (κ3) is 5.15. The van der Waals surface area contributed by atoms with E-state index in [1.165, 1.54) is 24.8 Å². The van der Waals surface area contributed by atoms with Gasteiger partial charge in [0, 0.05) is 12.7 Å². The van der Waals surface area contributed by atoms with Gasteiger partial charge in [-0.1, -0.05) is 49.6 Å². The summed E-state index contributed by atoms with van der Waals surface area (Å²) in [4.78, 5) is 10.3. The molecule has 0 bridgehead atoms. The minimum absolute atomic E-state index is 0.144. The summed E-state index contributed by atoms with van der Waals surface area (Å²) < 4.78 is 18.4. The molecule has 0 radical (unpaired) electrons. The van der Waals surface area contributed by atoms with Gasteiger partial charge >= 0.3 is 0 Å². The second-order valence-electron chi connectivity index (χ2n) is 7.04. The molecule has 1 aliphatic carbocycles. The molecular weight excluding hydrogens is 309 g/mol. The van der Waals surface area contributed by atoms with Crippen LogP contribution >= 0.6 is 7.37 Å². The van der Waals surface area contributed by atoms with Gasteiger partial charge < -0.3 is 14.9 Å². The van der Waals surface area contributed by atoms with E-state index in [9.17, 15) is 9.46 Å². The Bertz CT molecular complexity index is 522. The quantitative estimate of drug-likeness (QED) is 0.807. The van der Waals surface area contributed by atoms with Crippen LogP contribution in [0.5, 0.6) is 0 Å². The highest BCUT2D eigenvalue weighted by Crippen LogP contribution is 2.46. The Kier molecular flexibility index (Phi) is 5.92. The highest BCUT2D eigenvalue weighted by Gasteiger charge is 2.31. The summed E-state index contributed by atoms with van der Waals surface area (Å²) in [5.41, 5.74) is 1.21. The molecule has 1 aromatic carbocycles. The van der Waals surface area contributed by atoms with Gasteiger partial charge in [0.05, 0.1) is 24.9 Å². The zero-order valence-electron chi connectivity index (χ0n) is 13.7. The van der Waals surface area contributed by atoms with E-state index in [1.807, 2.05) is 18.2 Å². The molecule has 3 atom stereocenters. The first-order chi connectivity index (χ1) is 11.1. The molecule has 1 saturated carbocycles. The van der Waals surface area contributed by atoms with E-state index >= 15 is 0 Å². The number of hydrogen-bond donors (Lipinski definition) is 2. The fraction of sp³-hybridized carbons (Fsp3) is 0.667. The summed E-state index contributed by atoms with van der Waals surface area (Å²) in [7, 11) is -3.09. The molecule has 0 spiro atoms. The maximum Gasteiger partial charge on any atom is 0.203 e. The number of benzene rings is 1. The molecule has 2 N–H and O–H groups in total. The summed E-state index contributed by atoms with van der Waals surface area (Å²) in [6.45, 7) is 1.22. The van der Waals surface area contributed by atoms with Gasteiger partial charge in [0.25, 0.3) is 0 Å². The Morgan fingerprint density at radius 1 is 1.13 bits per heavy atom. The van der Waals surface area contributed by atoms with Gasteiger partial charge in [-0.05, 0) is 24.3 Å². The SMILES string of the molecule is O=P(O)(CC1CCCCC1)CC1CN[C@@H](c2ccccc2)CO1. The smallest absolute Gasteiger partial charge is 0.203 e. The zero-order valence-corrected chi connectivity index (χ0v) is 14.6. The number of rotatable bonds is 5. The van der Waals surface area contributed by atoms with Crippen molar-refractivity contribution in [3.8, 4) is 0 Å². The van der Waals surface area contributed by atoms with Crippen molar-refractivity contribution in [1.29, 1.82) is 0 Å². The van der Waals surface area contributed by atoms with Crippen molar-refractivity contribution in [1.82, 2.24) is 5.32 Å². The molecule has 2 aliphatic rings. The zero-order chi connectivity index (χ0) is 16.1. The maximum atomic E-state index is 12.5. The first kappa shape index (κ1) is 17.2. The fourth-order valence-electron chi connectivity index (χ4n) is 3.81. The normalized spacial score (nSPS) is 29.1. The lowest BCUT2D eigenvalue weighted by molar-refractivity contribution is 0.0156. The van der Waals surface area contributed by atoms with E-state index in [2.05, 4.69) is 17.4 Å².